The summed E-state index contributed by atoms with van der Waals surface area (Å²) in [6.07, 6.45) is 0.230. The maximum absolute atomic E-state index is 15.6. The van der Waals surface area contributed by atoms with Gasteiger partial charge in [0.15, 0.2) is 0 Å². The lowest BCUT2D eigenvalue weighted by atomic mass is 9.87. The number of ether oxygens (including phenoxy) is 2. The van der Waals surface area contributed by atoms with E-state index in [4.69, 9.17) is 26.1 Å². The van der Waals surface area contributed by atoms with E-state index in [2.05, 4.69) is 18.8 Å². The molecule has 7 nitrogen and oxygen atoms in total. The van der Waals surface area contributed by atoms with Crippen LogP contribution in [0.1, 0.15) is 47.2 Å². The van der Waals surface area contributed by atoms with Crippen molar-refractivity contribution in [3.63, 3.8) is 0 Å². The summed E-state index contributed by atoms with van der Waals surface area (Å²) in [6, 6.07) is 22.6. The molecular formula is C33H29ClFN3O4. The van der Waals surface area contributed by atoms with E-state index in [1.807, 2.05) is 34.9 Å². The number of carboxylic acids is 1. The van der Waals surface area contributed by atoms with Gasteiger partial charge in [0.2, 0.25) is 5.88 Å². The lowest BCUT2D eigenvalue weighted by Crippen LogP contribution is -2.27. The summed E-state index contributed by atoms with van der Waals surface area (Å²) in [5.41, 5.74) is 3.97. The van der Waals surface area contributed by atoms with Crippen LogP contribution in [-0.2, 0) is 17.8 Å². The molecule has 3 heterocycles. The summed E-state index contributed by atoms with van der Waals surface area (Å²) in [6.45, 7) is 5.58. The van der Waals surface area contributed by atoms with Crippen molar-refractivity contribution in [3.05, 3.63) is 112 Å². The lowest BCUT2D eigenvalue weighted by Gasteiger charge is -2.28. The second-order valence-electron chi connectivity index (χ2n) is 11.2. The van der Waals surface area contributed by atoms with Crippen LogP contribution in [-0.4, -0.2) is 38.8 Å². The van der Waals surface area contributed by atoms with Gasteiger partial charge in [0.1, 0.15) is 18.2 Å². The molecule has 1 atom stereocenters. The maximum atomic E-state index is 15.6. The molecule has 0 unspecified atom stereocenters. The van der Waals surface area contributed by atoms with Gasteiger partial charge in [-0.05, 0) is 53.6 Å². The van der Waals surface area contributed by atoms with Crippen molar-refractivity contribution in [1.29, 1.82) is 0 Å². The zero-order valence-corrected chi connectivity index (χ0v) is 23.9. The Morgan fingerprint density at radius 1 is 1.10 bits per heavy atom. The minimum absolute atomic E-state index is 0.0799. The Labute approximate surface area is 247 Å². The molecule has 5 aromatic rings. The zero-order valence-electron chi connectivity index (χ0n) is 23.2. The molecule has 0 radical (unpaired) electrons. The molecule has 3 aromatic carbocycles. The van der Waals surface area contributed by atoms with Crippen molar-refractivity contribution >= 4 is 28.6 Å². The summed E-state index contributed by atoms with van der Waals surface area (Å²) in [5.74, 6) is -0.308. The predicted molar refractivity (Wildman–Crippen MR) is 159 cm³/mol. The summed E-state index contributed by atoms with van der Waals surface area (Å²) < 4.78 is 29.3. The van der Waals surface area contributed by atoms with Crippen LogP contribution in [0.25, 0.3) is 22.3 Å². The number of aromatic carboxylic acids is 1. The van der Waals surface area contributed by atoms with Gasteiger partial charge in [0.25, 0.3) is 0 Å². The predicted octanol–water partition coefficient (Wildman–Crippen LogP) is 7.36. The minimum atomic E-state index is -1.01. The summed E-state index contributed by atoms with van der Waals surface area (Å²) in [7, 11) is 0. The molecule has 0 saturated carbocycles. The molecule has 42 heavy (non-hydrogen) atoms. The molecule has 2 aromatic heterocycles. The van der Waals surface area contributed by atoms with Crippen molar-refractivity contribution < 1.29 is 23.8 Å². The third-order valence-corrected chi connectivity index (χ3v) is 7.95. The molecule has 9 heteroatoms. The highest BCUT2D eigenvalue weighted by atomic mass is 35.5. The molecule has 1 aliphatic rings. The number of benzene rings is 3. The molecular weight excluding hydrogens is 557 g/mol. The Balaban J connectivity index is 1.28. The van der Waals surface area contributed by atoms with Gasteiger partial charge in [-0.15, -0.1) is 0 Å². The van der Waals surface area contributed by atoms with Crippen LogP contribution in [0.4, 0.5) is 4.39 Å². The van der Waals surface area contributed by atoms with Crippen molar-refractivity contribution in [3.8, 4) is 17.1 Å². The van der Waals surface area contributed by atoms with Gasteiger partial charge < -0.3 is 19.1 Å². The lowest BCUT2D eigenvalue weighted by molar-refractivity contribution is 0.0697. The Hall–Kier alpha value is -4.27. The van der Waals surface area contributed by atoms with Crippen LogP contribution < -0.4 is 4.74 Å². The largest absolute Gasteiger partial charge is 0.478 e. The highest BCUT2D eigenvalue weighted by molar-refractivity contribution is 6.30. The minimum Gasteiger partial charge on any atom is -0.478 e. The van der Waals surface area contributed by atoms with E-state index >= 15 is 4.39 Å². The Kier molecular flexibility index (Phi) is 7.43. The van der Waals surface area contributed by atoms with E-state index in [0.717, 1.165) is 5.56 Å². The van der Waals surface area contributed by atoms with Crippen molar-refractivity contribution in [2.75, 3.05) is 13.2 Å². The average Bonchev–Trinajstić information content (AvgIpc) is 3.51. The van der Waals surface area contributed by atoms with E-state index < -0.39 is 5.97 Å². The molecule has 0 spiro atoms. The summed E-state index contributed by atoms with van der Waals surface area (Å²) >= 11 is 5.96. The number of fused-ring (bicyclic) bond motifs is 1. The number of imidazole rings is 1. The maximum Gasteiger partial charge on any atom is 0.335 e. The monoisotopic (exact) mass is 585 g/mol. The van der Waals surface area contributed by atoms with Crippen LogP contribution in [0.15, 0.2) is 78.9 Å². The molecule has 1 N–H and O–H groups in total. The highest BCUT2D eigenvalue weighted by Gasteiger charge is 2.39. The smallest absolute Gasteiger partial charge is 0.335 e. The van der Waals surface area contributed by atoms with Gasteiger partial charge in [0.05, 0.1) is 41.5 Å². The zero-order chi connectivity index (χ0) is 29.4. The third-order valence-electron chi connectivity index (χ3n) is 7.69. The first-order chi connectivity index (χ1) is 20.2. The van der Waals surface area contributed by atoms with Crippen LogP contribution in [0, 0.1) is 11.2 Å². The number of aromatic nitrogens is 3. The number of rotatable bonds is 8. The number of halogens is 2. The highest BCUT2D eigenvalue weighted by Crippen LogP contribution is 2.40. The van der Waals surface area contributed by atoms with Crippen LogP contribution in [0.3, 0.4) is 0 Å². The van der Waals surface area contributed by atoms with Crippen LogP contribution >= 0.6 is 11.6 Å². The van der Waals surface area contributed by atoms with Gasteiger partial charge in [0, 0.05) is 28.5 Å². The number of hydrogen-bond donors (Lipinski definition) is 1. The first kappa shape index (κ1) is 27.9. The van der Waals surface area contributed by atoms with E-state index in [1.165, 1.54) is 12.1 Å². The molecule has 0 amide bonds. The van der Waals surface area contributed by atoms with Crippen LogP contribution in [0.2, 0.25) is 5.02 Å². The van der Waals surface area contributed by atoms with E-state index in [1.54, 1.807) is 36.4 Å². The first-order valence-corrected chi connectivity index (χ1v) is 14.0. The van der Waals surface area contributed by atoms with E-state index in [-0.39, 0.29) is 29.3 Å². The summed E-state index contributed by atoms with van der Waals surface area (Å²) in [4.78, 5) is 21.1. The summed E-state index contributed by atoms with van der Waals surface area (Å²) in [5, 5.41) is 10.2. The van der Waals surface area contributed by atoms with E-state index in [9.17, 15) is 9.90 Å². The number of carboxylic acid groups (broad SMARTS) is 1. The molecule has 1 saturated heterocycles. The van der Waals surface area contributed by atoms with Gasteiger partial charge in [-0.25, -0.2) is 19.2 Å². The van der Waals surface area contributed by atoms with Crippen molar-refractivity contribution in [1.82, 2.24) is 14.5 Å². The van der Waals surface area contributed by atoms with Crippen molar-refractivity contribution in [2.45, 2.75) is 32.9 Å². The molecule has 1 fully saturated rings. The third kappa shape index (κ3) is 5.60. The quantitative estimate of drug-likeness (QED) is 0.205. The van der Waals surface area contributed by atoms with Crippen LogP contribution in [0.5, 0.6) is 5.88 Å². The Bertz CT molecular complexity index is 1780. The number of pyridine rings is 1. The number of hydrogen-bond acceptors (Lipinski definition) is 5. The molecule has 6 rings (SSSR count). The van der Waals surface area contributed by atoms with Gasteiger partial charge in [-0.3, -0.25) is 0 Å². The second-order valence-corrected chi connectivity index (χ2v) is 11.6. The average molecular weight is 586 g/mol. The van der Waals surface area contributed by atoms with Gasteiger partial charge >= 0.3 is 5.97 Å². The fourth-order valence-electron chi connectivity index (χ4n) is 5.34. The fraction of sp³-hybridized carbons (Fsp3) is 0.242. The van der Waals surface area contributed by atoms with Gasteiger partial charge in [-0.1, -0.05) is 55.8 Å². The second kappa shape index (κ2) is 11.2. The van der Waals surface area contributed by atoms with Crippen molar-refractivity contribution in [2.24, 2.45) is 5.41 Å². The van der Waals surface area contributed by atoms with E-state index in [0.29, 0.717) is 64.4 Å². The molecule has 214 valence electrons. The van der Waals surface area contributed by atoms with Gasteiger partial charge in [-0.2, -0.15) is 0 Å². The number of carbonyl (C=O) groups is 1. The topological polar surface area (TPSA) is 86.5 Å². The first-order valence-electron chi connectivity index (χ1n) is 13.6. The fourth-order valence-corrected chi connectivity index (χ4v) is 5.47. The number of nitrogens with zero attached hydrogens (tertiary/aromatic N) is 3. The molecule has 1 aliphatic heterocycles. The normalized spacial score (nSPS) is 16.1. The SMILES string of the molecule is CC1(C)COC[C@H]1n1c(Cc2ccc(-c3cccc(OCc4ccc(Cl)cc4)n3)cc2F)nc2ccc(C(=O)O)cc21. The molecule has 0 bridgehead atoms. The molecule has 0 aliphatic carbocycles. The Morgan fingerprint density at radius 2 is 1.90 bits per heavy atom. The standard InChI is InChI=1S/C33H29ClFN3O4/c1-33(2)19-41-18-29(33)38-28-15-23(32(39)40)10-13-27(28)36-30(38)16-21-8-9-22(14-25(21)35)26-4-3-5-31(37-26)42-17-20-6-11-24(34)12-7-20/h3-15,29H,16-19H2,1-2H3,(H,39,40)/t29-/m1/s1. The Morgan fingerprint density at radius 3 is 2.62 bits per heavy atom.